The van der Waals surface area contributed by atoms with Crippen molar-refractivity contribution in [3.63, 3.8) is 0 Å². The van der Waals surface area contributed by atoms with Crippen LogP contribution in [0.15, 0.2) is 47.3 Å². The van der Waals surface area contributed by atoms with E-state index in [1.807, 2.05) is 6.07 Å². The number of benzene rings is 2. The molecule has 0 bridgehead atoms. The van der Waals surface area contributed by atoms with Gasteiger partial charge in [-0.2, -0.15) is 0 Å². The van der Waals surface area contributed by atoms with E-state index < -0.39 is 0 Å². The van der Waals surface area contributed by atoms with Gasteiger partial charge in [-0.15, -0.1) is 0 Å². The lowest BCUT2D eigenvalue weighted by atomic mass is 10.1. The minimum Gasteiger partial charge on any atom is -0.486 e. The van der Waals surface area contributed by atoms with E-state index >= 15 is 0 Å². The summed E-state index contributed by atoms with van der Waals surface area (Å²) >= 11 is 0. The molecule has 2 aromatic carbocycles. The Morgan fingerprint density at radius 3 is 2.47 bits per heavy atom. The lowest BCUT2D eigenvalue weighted by Gasteiger charge is -2.29. The number of carbonyl (C=O) groups excluding carboxylic acids is 1. The summed E-state index contributed by atoms with van der Waals surface area (Å²) in [5.41, 5.74) is 1.42. The van der Waals surface area contributed by atoms with Gasteiger partial charge in [-0.3, -0.25) is 4.79 Å². The normalized spacial score (nSPS) is 15.7. The standard InChI is InChI=1S/C24H24FN3O4/c25-17-5-7-18(8-6-17)26-24(30)28(19-3-1-2-4-19)14-16-11-15-12-21-22(32-10-9-31-21)13-20(15)27-23(16)29/h5-8,11-13,19H,1-4,9-10,14H2,(H,26,30)(H,27,29). The van der Waals surface area contributed by atoms with Gasteiger partial charge in [0, 0.05) is 28.7 Å². The minimum absolute atomic E-state index is 0.0470. The fourth-order valence-electron chi connectivity index (χ4n) is 4.40. The highest BCUT2D eigenvalue weighted by Crippen LogP contribution is 2.34. The molecule has 3 aromatic rings. The van der Waals surface area contributed by atoms with Crippen molar-refractivity contribution in [2.24, 2.45) is 0 Å². The number of fused-ring (bicyclic) bond motifs is 2. The molecule has 0 saturated heterocycles. The van der Waals surface area contributed by atoms with Crippen LogP contribution < -0.4 is 20.3 Å². The molecule has 7 nitrogen and oxygen atoms in total. The van der Waals surface area contributed by atoms with E-state index in [0.29, 0.717) is 41.5 Å². The summed E-state index contributed by atoms with van der Waals surface area (Å²) in [5, 5.41) is 3.65. The van der Waals surface area contributed by atoms with Crippen molar-refractivity contribution in [3.05, 3.63) is 64.2 Å². The first-order valence-electron chi connectivity index (χ1n) is 10.9. The van der Waals surface area contributed by atoms with Crippen molar-refractivity contribution in [2.45, 2.75) is 38.3 Å². The number of aromatic amines is 1. The zero-order valence-electron chi connectivity index (χ0n) is 17.5. The summed E-state index contributed by atoms with van der Waals surface area (Å²) in [5.74, 6) is 0.886. The third kappa shape index (κ3) is 4.12. The predicted molar refractivity (Wildman–Crippen MR) is 119 cm³/mol. The second-order valence-corrected chi connectivity index (χ2v) is 8.21. The maximum Gasteiger partial charge on any atom is 0.322 e. The van der Waals surface area contributed by atoms with Gasteiger partial charge in [0.1, 0.15) is 19.0 Å². The summed E-state index contributed by atoms with van der Waals surface area (Å²) in [6, 6.07) is 10.8. The van der Waals surface area contributed by atoms with Crippen molar-refractivity contribution in [3.8, 4) is 11.5 Å². The molecule has 1 saturated carbocycles. The molecule has 2 aliphatic rings. The third-order valence-electron chi connectivity index (χ3n) is 6.05. The van der Waals surface area contributed by atoms with E-state index in [-0.39, 0.29) is 30.0 Å². The molecule has 0 radical (unpaired) electrons. The van der Waals surface area contributed by atoms with Crippen LogP contribution in [0.3, 0.4) is 0 Å². The molecule has 5 rings (SSSR count). The number of halogens is 1. The maximum absolute atomic E-state index is 13.2. The van der Waals surface area contributed by atoms with Crippen LogP contribution in [0, 0.1) is 5.82 Å². The monoisotopic (exact) mass is 437 g/mol. The van der Waals surface area contributed by atoms with Crippen molar-refractivity contribution in [1.29, 1.82) is 0 Å². The number of urea groups is 1. The highest BCUT2D eigenvalue weighted by atomic mass is 19.1. The van der Waals surface area contributed by atoms with E-state index in [1.165, 1.54) is 24.3 Å². The second-order valence-electron chi connectivity index (χ2n) is 8.21. The van der Waals surface area contributed by atoms with Crippen molar-refractivity contribution in [1.82, 2.24) is 9.88 Å². The fourth-order valence-corrected chi connectivity index (χ4v) is 4.40. The summed E-state index contributed by atoms with van der Waals surface area (Å²) in [6.45, 7) is 1.13. The van der Waals surface area contributed by atoms with Gasteiger partial charge in [0.15, 0.2) is 11.5 Å². The first-order valence-corrected chi connectivity index (χ1v) is 10.9. The second kappa shape index (κ2) is 8.53. The lowest BCUT2D eigenvalue weighted by Crippen LogP contribution is -2.42. The van der Waals surface area contributed by atoms with E-state index in [0.717, 1.165) is 31.1 Å². The maximum atomic E-state index is 13.2. The Kier molecular flexibility index (Phi) is 5.43. The van der Waals surface area contributed by atoms with Gasteiger partial charge >= 0.3 is 6.03 Å². The highest BCUT2D eigenvalue weighted by molar-refractivity contribution is 5.89. The molecule has 166 valence electrons. The topological polar surface area (TPSA) is 83.7 Å². The molecule has 1 aliphatic heterocycles. The van der Waals surface area contributed by atoms with Crippen molar-refractivity contribution >= 4 is 22.6 Å². The summed E-state index contributed by atoms with van der Waals surface area (Å²) in [7, 11) is 0. The van der Waals surface area contributed by atoms with E-state index in [1.54, 1.807) is 17.0 Å². The number of hydrogen-bond acceptors (Lipinski definition) is 4. The van der Waals surface area contributed by atoms with Gasteiger partial charge in [0.25, 0.3) is 5.56 Å². The van der Waals surface area contributed by atoms with Crippen LogP contribution >= 0.6 is 0 Å². The van der Waals surface area contributed by atoms with Crippen LogP contribution in [0.25, 0.3) is 10.9 Å². The number of carbonyl (C=O) groups is 1. The molecular weight excluding hydrogens is 413 g/mol. The molecule has 32 heavy (non-hydrogen) atoms. The van der Waals surface area contributed by atoms with Gasteiger partial charge in [-0.05, 0) is 49.2 Å². The molecule has 0 unspecified atom stereocenters. The highest BCUT2D eigenvalue weighted by Gasteiger charge is 2.28. The molecule has 2 heterocycles. The average Bonchev–Trinajstić information content (AvgIpc) is 3.32. The van der Waals surface area contributed by atoms with Crippen LogP contribution in [0.2, 0.25) is 0 Å². The molecule has 2 amide bonds. The lowest BCUT2D eigenvalue weighted by molar-refractivity contribution is 0.172. The van der Waals surface area contributed by atoms with Gasteiger partial charge < -0.3 is 24.7 Å². The Bertz CT molecular complexity index is 1200. The van der Waals surface area contributed by atoms with E-state index in [2.05, 4.69) is 10.3 Å². The number of ether oxygens (including phenoxy) is 2. The summed E-state index contributed by atoms with van der Waals surface area (Å²) in [6.07, 6.45) is 3.87. The number of amides is 2. The van der Waals surface area contributed by atoms with E-state index in [4.69, 9.17) is 9.47 Å². The number of aromatic nitrogens is 1. The number of pyridine rings is 1. The molecule has 0 atom stereocenters. The van der Waals surface area contributed by atoms with Crippen LogP contribution in [0.1, 0.15) is 31.2 Å². The number of H-pyrrole nitrogens is 1. The van der Waals surface area contributed by atoms with Crippen molar-refractivity contribution in [2.75, 3.05) is 18.5 Å². The Labute approximate surface area is 184 Å². The van der Waals surface area contributed by atoms with Gasteiger partial charge in [-0.1, -0.05) is 12.8 Å². The van der Waals surface area contributed by atoms with Crippen LogP contribution in [0.4, 0.5) is 14.9 Å². The molecule has 2 N–H and O–H groups in total. The smallest absolute Gasteiger partial charge is 0.322 e. The zero-order valence-corrected chi connectivity index (χ0v) is 17.5. The molecule has 1 aromatic heterocycles. The Balaban J connectivity index is 1.44. The Hall–Kier alpha value is -3.55. The molecule has 8 heteroatoms. The number of anilines is 1. The molecule has 1 aliphatic carbocycles. The number of rotatable bonds is 4. The first kappa shape index (κ1) is 20.4. The average molecular weight is 437 g/mol. The zero-order chi connectivity index (χ0) is 22.1. The van der Waals surface area contributed by atoms with Crippen molar-refractivity contribution < 1.29 is 18.7 Å². The number of nitrogens with zero attached hydrogens (tertiary/aromatic N) is 1. The van der Waals surface area contributed by atoms with Gasteiger partial charge in [0.05, 0.1) is 12.1 Å². The Morgan fingerprint density at radius 2 is 1.75 bits per heavy atom. The summed E-state index contributed by atoms with van der Waals surface area (Å²) < 4.78 is 24.5. The van der Waals surface area contributed by atoms with Crippen LogP contribution in [-0.4, -0.2) is 35.2 Å². The largest absolute Gasteiger partial charge is 0.486 e. The SMILES string of the molecule is O=C(Nc1ccc(F)cc1)N(Cc1cc2cc3c(cc2[nH]c1=O)OCCO3)C1CCCC1. The number of nitrogens with one attached hydrogen (secondary N) is 2. The Morgan fingerprint density at radius 1 is 1.06 bits per heavy atom. The third-order valence-corrected chi connectivity index (χ3v) is 6.05. The predicted octanol–water partition coefficient (Wildman–Crippen LogP) is 4.42. The quantitative estimate of drug-likeness (QED) is 0.633. The molecular formula is C24H24FN3O4. The van der Waals surface area contributed by atoms with Gasteiger partial charge in [0.2, 0.25) is 0 Å². The van der Waals surface area contributed by atoms with Crippen LogP contribution in [-0.2, 0) is 6.54 Å². The number of hydrogen-bond donors (Lipinski definition) is 2. The molecule has 1 fully saturated rings. The summed E-state index contributed by atoms with van der Waals surface area (Å²) in [4.78, 5) is 30.6. The minimum atomic E-state index is -0.366. The van der Waals surface area contributed by atoms with Crippen LogP contribution in [0.5, 0.6) is 11.5 Å². The first-order chi connectivity index (χ1) is 15.6. The van der Waals surface area contributed by atoms with Gasteiger partial charge in [-0.25, -0.2) is 9.18 Å². The fraction of sp³-hybridized carbons (Fsp3) is 0.333. The van der Waals surface area contributed by atoms with E-state index in [9.17, 15) is 14.0 Å². The molecule has 0 spiro atoms.